The highest BCUT2D eigenvalue weighted by Crippen LogP contribution is 2.44. The smallest absolute Gasteiger partial charge is 0.296 e. The van der Waals surface area contributed by atoms with Crippen LogP contribution in [0, 0.1) is 0 Å². The van der Waals surface area contributed by atoms with Gasteiger partial charge in [-0.15, -0.1) is 21.5 Å². The lowest BCUT2D eigenvalue weighted by atomic mass is 9.95. The molecule has 1 N–H and O–H groups in total. The van der Waals surface area contributed by atoms with Crippen LogP contribution in [0.5, 0.6) is 5.75 Å². The maximum Gasteiger partial charge on any atom is 0.296 e. The van der Waals surface area contributed by atoms with Gasteiger partial charge in [-0.3, -0.25) is 14.5 Å². The van der Waals surface area contributed by atoms with Crippen LogP contribution in [0.15, 0.2) is 87.8 Å². The van der Waals surface area contributed by atoms with Crippen LogP contribution < -0.4 is 9.64 Å². The maximum absolute atomic E-state index is 13.6. The monoisotopic (exact) mass is 577 g/mol. The first kappa shape index (κ1) is 27.1. The van der Waals surface area contributed by atoms with Crippen molar-refractivity contribution < 1.29 is 19.4 Å². The normalized spacial score (nSPS) is 15.3. The van der Waals surface area contributed by atoms with Gasteiger partial charge in [-0.05, 0) is 41.1 Å². The van der Waals surface area contributed by atoms with Crippen LogP contribution in [0.2, 0.25) is 0 Å². The van der Waals surface area contributed by atoms with Crippen LogP contribution in [0.3, 0.4) is 0 Å². The van der Waals surface area contributed by atoms with Crippen molar-refractivity contribution in [2.75, 3.05) is 11.5 Å². The van der Waals surface area contributed by atoms with Crippen LogP contribution in [0.4, 0.5) is 5.13 Å². The summed E-state index contributed by atoms with van der Waals surface area (Å²) >= 11 is 4.04. The fourth-order valence-corrected chi connectivity index (χ4v) is 6.79. The Morgan fingerprint density at radius 1 is 1.08 bits per heavy atom. The highest BCUT2D eigenvalue weighted by molar-refractivity contribution is 8.00. The van der Waals surface area contributed by atoms with E-state index in [4.69, 9.17) is 4.74 Å². The predicted octanol–water partition coefficient (Wildman–Crippen LogP) is 7.24. The van der Waals surface area contributed by atoms with E-state index in [1.54, 1.807) is 17.5 Å². The van der Waals surface area contributed by atoms with Crippen molar-refractivity contribution in [3.05, 3.63) is 99.4 Å². The van der Waals surface area contributed by atoms with Crippen LogP contribution >= 0.6 is 34.4 Å². The van der Waals surface area contributed by atoms with Gasteiger partial charge >= 0.3 is 0 Å². The van der Waals surface area contributed by atoms with E-state index in [-0.39, 0.29) is 11.4 Å². The van der Waals surface area contributed by atoms with Crippen LogP contribution in [-0.4, -0.2) is 33.6 Å². The molecule has 0 fully saturated rings. The molecule has 1 aliphatic heterocycles. The third-order valence-corrected chi connectivity index (χ3v) is 9.19. The Morgan fingerprint density at radius 3 is 2.69 bits per heavy atom. The minimum Gasteiger partial charge on any atom is -0.503 e. The van der Waals surface area contributed by atoms with E-state index in [9.17, 15) is 14.7 Å². The number of aliphatic hydroxyl groups is 1. The molecule has 2 aromatic heterocycles. The van der Waals surface area contributed by atoms with Crippen molar-refractivity contribution in [1.29, 1.82) is 0 Å². The van der Waals surface area contributed by atoms with Gasteiger partial charge in [0.2, 0.25) is 10.9 Å². The number of carbonyl (C=O) groups is 2. The standard InChI is InChI=1S/C29H27N3O4S3/c1-2-3-7-15-36-21-13-8-12-20(17-21)24-23(25(33)22-14-9-16-37-22)26(34)27(35)32(24)28-30-31-29(39-28)38-18-19-10-5-4-6-11-19/h4-6,8-14,16-17,24,34H,2-3,7,15,18H2,1H3. The quantitative estimate of drug-likeness (QED) is 0.0821. The average Bonchev–Trinajstić information content (AvgIpc) is 3.71. The first-order valence-electron chi connectivity index (χ1n) is 12.6. The number of nitrogens with zero attached hydrogens (tertiary/aromatic N) is 3. The number of anilines is 1. The molecule has 200 valence electrons. The number of aromatic nitrogens is 2. The molecule has 0 radical (unpaired) electrons. The summed E-state index contributed by atoms with van der Waals surface area (Å²) in [6, 6.07) is 19.9. The Morgan fingerprint density at radius 2 is 1.92 bits per heavy atom. The van der Waals surface area contributed by atoms with Gasteiger partial charge in [-0.1, -0.05) is 91.4 Å². The van der Waals surface area contributed by atoms with Crippen molar-refractivity contribution in [1.82, 2.24) is 10.2 Å². The number of Topliss-reactive ketones (excluding diaryl/α,β-unsaturated/α-hetero) is 1. The Hall–Kier alpha value is -3.47. The number of amides is 1. The van der Waals surface area contributed by atoms with Crippen LogP contribution in [-0.2, 0) is 10.5 Å². The molecule has 0 saturated heterocycles. The summed E-state index contributed by atoms with van der Waals surface area (Å²) in [6.07, 6.45) is 3.10. The zero-order valence-electron chi connectivity index (χ0n) is 21.3. The van der Waals surface area contributed by atoms with Crippen molar-refractivity contribution in [2.24, 2.45) is 0 Å². The highest BCUT2D eigenvalue weighted by atomic mass is 32.2. The Bertz CT molecular complexity index is 1470. The fourth-order valence-electron chi connectivity index (χ4n) is 4.28. The number of hydrogen-bond acceptors (Lipinski definition) is 9. The van der Waals surface area contributed by atoms with Crippen LogP contribution in [0.25, 0.3) is 0 Å². The first-order valence-corrected chi connectivity index (χ1v) is 15.3. The second-order valence-corrected chi connectivity index (χ2v) is 12.0. The average molecular weight is 578 g/mol. The van der Waals surface area contributed by atoms with E-state index in [2.05, 4.69) is 17.1 Å². The van der Waals surface area contributed by atoms with E-state index in [0.717, 1.165) is 24.8 Å². The first-order chi connectivity index (χ1) is 19.1. The number of rotatable bonds is 12. The number of aliphatic hydroxyl groups excluding tert-OH is 1. The van der Waals surface area contributed by atoms with Crippen molar-refractivity contribution >= 4 is 51.3 Å². The number of thioether (sulfide) groups is 1. The Kier molecular flexibility index (Phi) is 8.75. The number of thiophene rings is 1. The molecule has 10 heteroatoms. The Balaban J connectivity index is 1.47. The van der Waals surface area contributed by atoms with Crippen molar-refractivity contribution in [3.63, 3.8) is 0 Å². The number of ketones is 1. The molecule has 4 aromatic rings. The van der Waals surface area contributed by atoms with Crippen molar-refractivity contribution in [3.8, 4) is 5.75 Å². The van der Waals surface area contributed by atoms with Gasteiger partial charge in [-0.2, -0.15) is 0 Å². The fraction of sp³-hybridized carbons (Fsp3) is 0.241. The van der Waals surface area contributed by atoms with Gasteiger partial charge < -0.3 is 9.84 Å². The van der Waals surface area contributed by atoms with Crippen molar-refractivity contribution in [2.45, 2.75) is 42.3 Å². The van der Waals surface area contributed by atoms with E-state index in [1.807, 2.05) is 54.6 Å². The molecule has 7 nitrogen and oxygen atoms in total. The summed E-state index contributed by atoms with van der Waals surface area (Å²) in [5.41, 5.74) is 1.82. The van der Waals surface area contributed by atoms with Gasteiger partial charge in [0.05, 0.1) is 23.1 Å². The molecule has 1 aliphatic rings. The second-order valence-electron chi connectivity index (χ2n) is 8.90. The topological polar surface area (TPSA) is 92.6 Å². The zero-order valence-corrected chi connectivity index (χ0v) is 23.7. The summed E-state index contributed by atoms with van der Waals surface area (Å²) in [4.78, 5) is 28.8. The lowest BCUT2D eigenvalue weighted by molar-refractivity contribution is -0.117. The van der Waals surface area contributed by atoms with E-state index >= 15 is 0 Å². The summed E-state index contributed by atoms with van der Waals surface area (Å²) < 4.78 is 6.64. The van der Waals surface area contributed by atoms with E-state index < -0.39 is 17.7 Å². The lowest BCUT2D eigenvalue weighted by Crippen LogP contribution is -2.31. The molecule has 1 amide bonds. The van der Waals surface area contributed by atoms with Crippen LogP contribution in [0.1, 0.15) is 53.0 Å². The molecule has 3 heterocycles. The number of unbranched alkanes of at least 4 members (excludes halogenated alkanes) is 2. The molecule has 2 aromatic carbocycles. The second kappa shape index (κ2) is 12.6. The molecular weight excluding hydrogens is 551 g/mol. The van der Waals surface area contributed by atoms with E-state index in [0.29, 0.717) is 38.0 Å². The minimum absolute atomic E-state index is 0.0271. The molecule has 39 heavy (non-hydrogen) atoms. The minimum atomic E-state index is -0.869. The zero-order chi connectivity index (χ0) is 27.2. The number of ether oxygens (including phenoxy) is 1. The largest absolute Gasteiger partial charge is 0.503 e. The molecule has 0 aliphatic carbocycles. The number of carbonyl (C=O) groups excluding carboxylic acids is 2. The summed E-state index contributed by atoms with van der Waals surface area (Å²) in [7, 11) is 0. The SMILES string of the molecule is CCCCCOc1cccc(C2C(C(=O)c3cccs3)=C(O)C(=O)N2c2nnc(SCc3ccccc3)s2)c1. The molecule has 1 unspecified atom stereocenters. The molecule has 1 atom stereocenters. The van der Waals surface area contributed by atoms with Gasteiger partial charge in [0, 0.05) is 5.75 Å². The molecule has 0 spiro atoms. The molecular formula is C29H27N3O4S3. The maximum atomic E-state index is 13.6. The van der Waals surface area contributed by atoms with Gasteiger partial charge in [0.25, 0.3) is 5.91 Å². The third-order valence-electron chi connectivity index (χ3n) is 6.20. The number of benzene rings is 2. The molecule has 5 rings (SSSR count). The molecule has 0 bridgehead atoms. The van der Waals surface area contributed by atoms with E-state index in [1.165, 1.54) is 39.3 Å². The summed E-state index contributed by atoms with van der Waals surface area (Å²) in [5.74, 6) is -0.288. The summed E-state index contributed by atoms with van der Waals surface area (Å²) in [6.45, 7) is 2.71. The van der Waals surface area contributed by atoms with Gasteiger partial charge in [0.1, 0.15) is 5.75 Å². The highest BCUT2D eigenvalue weighted by Gasteiger charge is 2.46. The lowest BCUT2D eigenvalue weighted by Gasteiger charge is -2.24. The molecule has 0 saturated carbocycles. The van der Waals surface area contributed by atoms with Gasteiger partial charge in [0.15, 0.2) is 10.1 Å². The van der Waals surface area contributed by atoms with Gasteiger partial charge in [-0.25, -0.2) is 0 Å². The summed E-state index contributed by atoms with van der Waals surface area (Å²) in [5, 5.41) is 21.7. The predicted molar refractivity (Wildman–Crippen MR) is 156 cm³/mol. The third kappa shape index (κ3) is 6.08. The number of hydrogen-bond donors (Lipinski definition) is 1. The Labute approximate surface area is 239 Å².